The van der Waals surface area contributed by atoms with Gasteiger partial charge in [-0.05, 0) is 42.3 Å². The molecule has 0 saturated heterocycles. The molecule has 4 heteroatoms. The summed E-state index contributed by atoms with van der Waals surface area (Å²) in [4.78, 5) is 17.9. The number of rotatable bonds is 1. The zero-order chi connectivity index (χ0) is 15.1. The molecule has 1 aliphatic heterocycles. The number of hydrogen-bond acceptors (Lipinski definition) is 1. The molecule has 4 rings (SSSR count). The van der Waals surface area contributed by atoms with Crippen molar-refractivity contribution < 1.29 is 4.79 Å². The number of nitrogens with zero attached hydrogens (tertiary/aromatic N) is 1. The van der Waals surface area contributed by atoms with Gasteiger partial charge in [0.15, 0.2) is 0 Å². The molecule has 2 heterocycles. The SMILES string of the molecule is O=C(c1ccccc1)N1CCc2c([nH]c3ccc(Cl)cc23)C1. The summed E-state index contributed by atoms with van der Waals surface area (Å²) in [7, 11) is 0. The second kappa shape index (κ2) is 5.18. The Kier molecular flexibility index (Phi) is 3.16. The summed E-state index contributed by atoms with van der Waals surface area (Å²) in [6.07, 6.45) is 0.855. The number of aromatic amines is 1. The fourth-order valence-corrected chi connectivity index (χ4v) is 3.32. The van der Waals surface area contributed by atoms with Crippen molar-refractivity contribution in [3.05, 3.63) is 70.4 Å². The highest BCUT2D eigenvalue weighted by Gasteiger charge is 2.24. The molecule has 1 N–H and O–H groups in total. The first-order chi connectivity index (χ1) is 10.7. The van der Waals surface area contributed by atoms with Crippen LogP contribution < -0.4 is 0 Å². The van der Waals surface area contributed by atoms with E-state index in [4.69, 9.17) is 11.6 Å². The van der Waals surface area contributed by atoms with Crippen molar-refractivity contribution in [2.45, 2.75) is 13.0 Å². The first kappa shape index (κ1) is 13.4. The van der Waals surface area contributed by atoms with E-state index in [1.165, 1.54) is 10.9 Å². The third kappa shape index (κ3) is 2.18. The first-order valence-corrected chi connectivity index (χ1v) is 7.73. The number of nitrogens with one attached hydrogen (secondary N) is 1. The quantitative estimate of drug-likeness (QED) is 0.724. The Bertz CT molecular complexity index is 854. The van der Waals surface area contributed by atoms with Gasteiger partial charge in [-0.25, -0.2) is 0 Å². The van der Waals surface area contributed by atoms with E-state index in [1.807, 2.05) is 53.4 Å². The van der Waals surface area contributed by atoms with Crippen molar-refractivity contribution >= 4 is 28.4 Å². The Morgan fingerprint density at radius 1 is 1.14 bits per heavy atom. The number of halogens is 1. The number of carbonyl (C=O) groups is 1. The summed E-state index contributed by atoms with van der Waals surface area (Å²) >= 11 is 6.10. The normalized spacial score (nSPS) is 14.1. The van der Waals surface area contributed by atoms with E-state index in [0.717, 1.165) is 34.8 Å². The monoisotopic (exact) mass is 310 g/mol. The van der Waals surface area contributed by atoms with Crippen LogP contribution in [-0.2, 0) is 13.0 Å². The van der Waals surface area contributed by atoms with Crippen LogP contribution in [0.3, 0.4) is 0 Å². The van der Waals surface area contributed by atoms with Gasteiger partial charge in [0, 0.05) is 33.7 Å². The summed E-state index contributed by atoms with van der Waals surface area (Å²) in [6.45, 7) is 1.36. The van der Waals surface area contributed by atoms with Crippen molar-refractivity contribution in [2.24, 2.45) is 0 Å². The Morgan fingerprint density at radius 3 is 2.77 bits per heavy atom. The van der Waals surface area contributed by atoms with E-state index in [-0.39, 0.29) is 5.91 Å². The van der Waals surface area contributed by atoms with E-state index in [1.54, 1.807) is 0 Å². The smallest absolute Gasteiger partial charge is 0.254 e. The molecule has 0 saturated carbocycles. The number of amides is 1. The molecule has 110 valence electrons. The van der Waals surface area contributed by atoms with Crippen LogP contribution in [0, 0.1) is 0 Å². The second-order valence-corrected chi connectivity index (χ2v) is 6.05. The molecule has 0 bridgehead atoms. The third-order valence-electron chi connectivity index (χ3n) is 4.25. The molecule has 0 spiro atoms. The minimum absolute atomic E-state index is 0.0861. The molecule has 0 unspecified atom stereocenters. The van der Waals surface area contributed by atoms with Crippen LogP contribution in [0.15, 0.2) is 48.5 Å². The Labute approximate surface area is 133 Å². The number of aromatic nitrogens is 1. The standard InChI is InChI=1S/C18H15ClN2O/c19-13-6-7-16-15(10-13)14-8-9-21(11-17(14)20-16)18(22)12-4-2-1-3-5-12/h1-7,10,20H,8-9,11H2. The number of H-pyrrole nitrogens is 1. The molecule has 0 atom stereocenters. The lowest BCUT2D eigenvalue weighted by atomic mass is 10.0. The number of carbonyl (C=O) groups excluding carboxylic acids is 1. The zero-order valence-corrected chi connectivity index (χ0v) is 12.7. The zero-order valence-electron chi connectivity index (χ0n) is 12.0. The number of fused-ring (bicyclic) bond motifs is 3. The predicted molar refractivity (Wildman–Crippen MR) is 88.2 cm³/mol. The molecule has 3 nitrogen and oxygen atoms in total. The topological polar surface area (TPSA) is 36.1 Å². The summed E-state index contributed by atoms with van der Waals surface area (Å²) in [6, 6.07) is 15.3. The predicted octanol–water partition coefficient (Wildman–Crippen LogP) is 4.02. The molecule has 0 radical (unpaired) electrons. The highest BCUT2D eigenvalue weighted by atomic mass is 35.5. The Balaban J connectivity index is 1.67. The lowest BCUT2D eigenvalue weighted by molar-refractivity contribution is 0.0733. The number of benzene rings is 2. The van der Waals surface area contributed by atoms with Crippen LogP contribution >= 0.6 is 11.6 Å². The molecule has 0 fully saturated rings. The van der Waals surface area contributed by atoms with Gasteiger partial charge < -0.3 is 9.88 Å². The lowest BCUT2D eigenvalue weighted by Crippen LogP contribution is -2.35. The first-order valence-electron chi connectivity index (χ1n) is 7.35. The van der Waals surface area contributed by atoms with Gasteiger partial charge in [-0.2, -0.15) is 0 Å². The van der Waals surface area contributed by atoms with E-state index in [2.05, 4.69) is 4.98 Å². The van der Waals surface area contributed by atoms with Gasteiger partial charge in [0.2, 0.25) is 0 Å². The molecule has 3 aromatic rings. The van der Waals surface area contributed by atoms with Gasteiger partial charge in [0.25, 0.3) is 5.91 Å². The van der Waals surface area contributed by atoms with Crippen LogP contribution in [0.25, 0.3) is 10.9 Å². The fourth-order valence-electron chi connectivity index (χ4n) is 3.15. The minimum atomic E-state index is 0.0861. The van der Waals surface area contributed by atoms with Crippen molar-refractivity contribution in [3.8, 4) is 0 Å². The number of hydrogen-bond donors (Lipinski definition) is 1. The molecule has 0 aliphatic carbocycles. The highest BCUT2D eigenvalue weighted by Crippen LogP contribution is 2.30. The van der Waals surface area contributed by atoms with Gasteiger partial charge in [0.1, 0.15) is 0 Å². The van der Waals surface area contributed by atoms with Crippen LogP contribution in [0.5, 0.6) is 0 Å². The maximum Gasteiger partial charge on any atom is 0.254 e. The van der Waals surface area contributed by atoms with Gasteiger partial charge in [0.05, 0.1) is 6.54 Å². The van der Waals surface area contributed by atoms with E-state index in [0.29, 0.717) is 6.54 Å². The molecule has 1 amide bonds. The minimum Gasteiger partial charge on any atom is -0.357 e. The van der Waals surface area contributed by atoms with Crippen LogP contribution in [0.4, 0.5) is 0 Å². The molecule has 2 aromatic carbocycles. The van der Waals surface area contributed by atoms with Crippen LogP contribution in [-0.4, -0.2) is 22.3 Å². The lowest BCUT2D eigenvalue weighted by Gasteiger charge is -2.27. The Morgan fingerprint density at radius 2 is 1.95 bits per heavy atom. The van der Waals surface area contributed by atoms with Crippen molar-refractivity contribution in [1.82, 2.24) is 9.88 Å². The molecule has 1 aliphatic rings. The molecular weight excluding hydrogens is 296 g/mol. The van der Waals surface area contributed by atoms with Crippen molar-refractivity contribution in [3.63, 3.8) is 0 Å². The molecular formula is C18H15ClN2O. The van der Waals surface area contributed by atoms with Crippen molar-refractivity contribution in [2.75, 3.05) is 6.54 Å². The average molecular weight is 311 g/mol. The maximum atomic E-state index is 12.6. The van der Waals surface area contributed by atoms with Gasteiger partial charge >= 0.3 is 0 Å². The van der Waals surface area contributed by atoms with Gasteiger partial charge in [-0.1, -0.05) is 29.8 Å². The summed E-state index contributed by atoms with van der Waals surface area (Å²) < 4.78 is 0. The third-order valence-corrected chi connectivity index (χ3v) is 4.48. The average Bonchev–Trinajstić information content (AvgIpc) is 2.92. The van der Waals surface area contributed by atoms with Gasteiger partial charge in [-0.15, -0.1) is 0 Å². The van der Waals surface area contributed by atoms with E-state index >= 15 is 0 Å². The Hall–Kier alpha value is -2.26. The molecule has 1 aromatic heterocycles. The largest absolute Gasteiger partial charge is 0.357 e. The summed E-state index contributed by atoms with van der Waals surface area (Å²) in [5, 5.41) is 1.92. The van der Waals surface area contributed by atoms with Gasteiger partial charge in [-0.3, -0.25) is 4.79 Å². The highest BCUT2D eigenvalue weighted by molar-refractivity contribution is 6.31. The summed E-state index contributed by atoms with van der Waals surface area (Å²) in [5.74, 6) is 0.0861. The summed E-state index contributed by atoms with van der Waals surface area (Å²) in [5.41, 5.74) is 4.23. The fraction of sp³-hybridized carbons (Fsp3) is 0.167. The van der Waals surface area contributed by atoms with Crippen LogP contribution in [0.2, 0.25) is 5.02 Å². The second-order valence-electron chi connectivity index (χ2n) is 5.61. The maximum absolute atomic E-state index is 12.6. The van der Waals surface area contributed by atoms with E-state index < -0.39 is 0 Å². The van der Waals surface area contributed by atoms with Crippen LogP contribution in [0.1, 0.15) is 21.6 Å². The van der Waals surface area contributed by atoms with E-state index in [9.17, 15) is 4.79 Å². The molecule has 22 heavy (non-hydrogen) atoms. The van der Waals surface area contributed by atoms with Crippen molar-refractivity contribution in [1.29, 1.82) is 0 Å².